The molecule has 19 heavy (non-hydrogen) atoms. The lowest BCUT2D eigenvalue weighted by atomic mass is 9.73. The summed E-state index contributed by atoms with van der Waals surface area (Å²) in [5.41, 5.74) is 1.16. The van der Waals surface area contributed by atoms with E-state index in [9.17, 15) is 9.90 Å². The number of carbonyl (C=O) groups excluding carboxylic acids is 1. The maximum Gasteiger partial charge on any atom is 0.232 e. The summed E-state index contributed by atoms with van der Waals surface area (Å²) in [6.45, 7) is 0.731. The zero-order valence-corrected chi connectivity index (χ0v) is 11.3. The smallest absolute Gasteiger partial charge is 0.232 e. The van der Waals surface area contributed by atoms with Crippen LogP contribution in [0.2, 0.25) is 0 Å². The molecule has 2 aliphatic rings. The fraction of sp³-hybridized carbons (Fsp3) is 0.533. The molecular formula is C15H20N2O2. The van der Waals surface area contributed by atoms with Crippen molar-refractivity contribution in [1.29, 1.82) is 0 Å². The van der Waals surface area contributed by atoms with Gasteiger partial charge in [0.25, 0.3) is 0 Å². The predicted octanol–water partition coefficient (Wildman–Crippen LogP) is 2.73. The Hall–Kier alpha value is -1.71. The summed E-state index contributed by atoms with van der Waals surface area (Å²) < 4.78 is 0. The predicted molar refractivity (Wildman–Crippen MR) is 75.5 cm³/mol. The van der Waals surface area contributed by atoms with Gasteiger partial charge in [-0.3, -0.25) is 4.79 Å². The number of hydrogen-bond donors (Lipinski definition) is 2. The molecule has 4 nitrogen and oxygen atoms in total. The van der Waals surface area contributed by atoms with Crippen LogP contribution in [0.3, 0.4) is 0 Å². The van der Waals surface area contributed by atoms with Crippen LogP contribution in [-0.2, 0) is 4.79 Å². The minimum absolute atomic E-state index is 0.0688. The van der Waals surface area contributed by atoms with Gasteiger partial charge in [-0.1, -0.05) is 25.3 Å². The van der Waals surface area contributed by atoms with Crippen molar-refractivity contribution >= 4 is 17.3 Å². The second-order valence-corrected chi connectivity index (χ2v) is 5.82. The van der Waals surface area contributed by atoms with Gasteiger partial charge in [-0.15, -0.1) is 0 Å². The van der Waals surface area contributed by atoms with E-state index in [2.05, 4.69) is 10.2 Å². The highest BCUT2D eigenvalue weighted by molar-refractivity contribution is 6.01. The van der Waals surface area contributed by atoms with Gasteiger partial charge in [0.05, 0.1) is 11.1 Å². The summed E-state index contributed by atoms with van der Waals surface area (Å²) in [6.07, 6.45) is 5.33. The van der Waals surface area contributed by atoms with E-state index in [0.717, 1.165) is 37.9 Å². The SMILES string of the molecule is CN1CC2(CCCCC2)C(=O)Nc2c(O)cccc21. The second-order valence-electron chi connectivity index (χ2n) is 5.82. The third-order valence-electron chi connectivity index (χ3n) is 4.50. The molecule has 3 rings (SSSR count). The van der Waals surface area contributed by atoms with Crippen molar-refractivity contribution in [3.8, 4) is 5.75 Å². The number of hydrogen-bond acceptors (Lipinski definition) is 3. The first-order valence-electron chi connectivity index (χ1n) is 6.97. The van der Waals surface area contributed by atoms with Gasteiger partial charge in [0, 0.05) is 13.6 Å². The van der Waals surface area contributed by atoms with Gasteiger partial charge in [0.2, 0.25) is 5.91 Å². The Balaban J connectivity index is 2.02. The Bertz CT molecular complexity index is 507. The van der Waals surface area contributed by atoms with Gasteiger partial charge in [0.1, 0.15) is 11.4 Å². The van der Waals surface area contributed by atoms with Crippen molar-refractivity contribution in [3.63, 3.8) is 0 Å². The van der Waals surface area contributed by atoms with Crippen LogP contribution in [-0.4, -0.2) is 24.6 Å². The van der Waals surface area contributed by atoms with E-state index in [1.54, 1.807) is 6.07 Å². The van der Waals surface area contributed by atoms with Crippen LogP contribution < -0.4 is 10.2 Å². The zero-order valence-electron chi connectivity index (χ0n) is 11.3. The third kappa shape index (κ3) is 1.95. The summed E-state index contributed by atoms with van der Waals surface area (Å²) in [4.78, 5) is 14.7. The molecule has 0 radical (unpaired) electrons. The minimum atomic E-state index is -0.293. The number of rotatable bonds is 0. The van der Waals surface area contributed by atoms with Crippen LogP contribution in [0, 0.1) is 5.41 Å². The summed E-state index contributed by atoms with van der Waals surface area (Å²) in [6, 6.07) is 5.37. The molecule has 1 amide bonds. The molecule has 4 heteroatoms. The number of phenolic OH excluding ortho intramolecular Hbond substituents is 1. The molecule has 0 saturated heterocycles. The van der Waals surface area contributed by atoms with Crippen molar-refractivity contribution in [3.05, 3.63) is 18.2 Å². The number of amides is 1. The van der Waals surface area contributed by atoms with Crippen molar-refractivity contribution in [2.75, 3.05) is 23.8 Å². The Morgan fingerprint density at radius 1 is 1.26 bits per heavy atom. The first-order valence-corrected chi connectivity index (χ1v) is 6.97. The molecule has 0 aromatic heterocycles. The first-order chi connectivity index (χ1) is 9.12. The van der Waals surface area contributed by atoms with E-state index >= 15 is 0 Å². The van der Waals surface area contributed by atoms with Gasteiger partial charge in [-0.05, 0) is 25.0 Å². The van der Waals surface area contributed by atoms with Crippen molar-refractivity contribution in [2.45, 2.75) is 32.1 Å². The van der Waals surface area contributed by atoms with Crippen LogP contribution in [0.15, 0.2) is 18.2 Å². The fourth-order valence-electron chi connectivity index (χ4n) is 3.45. The molecule has 0 unspecified atom stereocenters. The molecule has 1 aliphatic carbocycles. The fourth-order valence-corrected chi connectivity index (χ4v) is 3.45. The maximum absolute atomic E-state index is 12.6. The molecule has 1 aromatic rings. The molecule has 1 fully saturated rings. The average molecular weight is 260 g/mol. The number of nitrogens with zero attached hydrogens (tertiary/aromatic N) is 1. The lowest BCUT2D eigenvalue weighted by Gasteiger charge is -2.36. The summed E-state index contributed by atoms with van der Waals surface area (Å²) in [5.74, 6) is 0.213. The molecule has 102 valence electrons. The Morgan fingerprint density at radius 2 is 2.00 bits per heavy atom. The van der Waals surface area contributed by atoms with E-state index in [0.29, 0.717) is 5.69 Å². The van der Waals surface area contributed by atoms with Gasteiger partial charge >= 0.3 is 0 Å². The molecule has 2 N–H and O–H groups in total. The summed E-state index contributed by atoms with van der Waals surface area (Å²) in [5, 5.41) is 12.9. The highest BCUT2D eigenvalue weighted by Crippen LogP contribution is 2.44. The standard InChI is InChI=1S/C15H20N2O2/c1-17-10-15(8-3-2-4-9-15)14(19)16-13-11(17)6-5-7-12(13)18/h5-7,18H,2-4,8-10H2,1H3,(H,16,19). The molecule has 0 atom stereocenters. The Kier molecular flexibility index (Phi) is 2.88. The molecule has 1 spiro atoms. The van der Waals surface area contributed by atoms with E-state index in [-0.39, 0.29) is 17.1 Å². The molecule has 1 aromatic carbocycles. The lowest BCUT2D eigenvalue weighted by molar-refractivity contribution is -0.126. The van der Waals surface area contributed by atoms with Crippen LogP contribution in [0.25, 0.3) is 0 Å². The summed E-state index contributed by atoms with van der Waals surface area (Å²) >= 11 is 0. The number of carbonyl (C=O) groups is 1. The average Bonchev–Trinajstić information content (AvgIpc) is 2.50. The molecule has 1 heterocycles. The molecule has 1 aliphatic heterocycles. The van der Waals surface area contributed by atoms with E-state index in [1.165, 1.54) is 6.42 Å². The number of benzene rings is 1. The van der Waals surface area contributed by atoms with Crippen LogP contribution in [0.5, 0.6) is 5.75 Å². The Morgan fingerprint density at radius 3 is 2.74 bits per heavy atom. The number of aromatic hydroxyl groups is 1. The number of phenols is 1. The number of nitrogens with one attached hydrogen (secondary N) is 1. The van der Waals surface area contributed by atoms with Crippen molar-refractivity contribution in [2.24, 2.45) is 5.41 Å². The first kappa shape index (κ1) is 12.3. The highest BCUT2D eigenvalue weighted by atomic mass is 16.3. The largest absolute Gasteiger partial charge is 0.506 e. The maximum atomic E-state index is 12.6. The van der Waals surface area contributed by atoms with Crippen LogP contribution >= 0.6 is 0 Å². The normalized spacial score (nSPS) is 21.7. The lowest BCUT2D eigenvalue weighted by Crippen LogP contribution is -2.44. The monoisotopic (exact) mass is 260 g/mol. The topological polar surface area (TPSA) is 52.6 Å². The number of anilines is 2. The minimum Gasteiger partial charge on any atom is -0.506 e. The molecule has 0 bridgehead atoms. The van der Waals surface area contributed by atoms with Gasteiger partial charge in [-0.2, -0.15) is 0 Å². The number of para-hydroxylation sites is 1. The Labute approximate surface area is 113 Å². The zero-order chi connectivity index (χ0) is 13.5. The quantitative estimate of drug-likeness (QED) is 0.705. The van der Waals surface area contributed by atoms with Gasteiger partial charge in [-0.25, -0.2) is 0 Å². The van der Waals surface area contributed by atoms with E-state index < -0.39 is 0 Å². The van der Waals surface area contributed by atoms with Crippen molar-refractivity contribution < 1.29 is 9.90 Å². The summed E-state index contributed by atoms with van der Waals surface area (Å²) in [7, 11) is 1.99. The second kappa shape index (κ2) is 4.44. The van der Waals surface area contributed by atoms with Crippen LogP contribution in [0.1, 0.15) is 32.1 Å². The van der Waals surface area contributed by atoms with Gasteiger partial charge in [0.15, 0.2) is 0 Å². The van der Waals surface area contributed by atoms with E-state index in [1.807, 2.05) is 19.2 Å². The molecule has 1 saturated carbocycles. The van der Waals surface area contributed by atoms with Crippen LogP contribution in [0.4, 0.5) is 11.4 Å². The number of fused-ring (bicyclic) bond motifs is 1. The molecular weight excluding hydrogens is 240 g/mol. The van der Waals surface area contributed by atoms with E-state index in [4.69, 9.17) is 0 Å². The van der Waals surface area contributed by atoms with Gasteiger partial charge < -0.3 is 15.3 Å². The third-order valence-corrected chi connectivity index (χ3v) is 4.50. The van der Waals surface area contributed by atoms with Crippen molar-refractivity contribution in [1.82, 2.24) is 0 Å². The highest BCUT2D eigenvalue weighted by Gasteiger charge is 2.43.